The minimum absolute atomic E-state index is 0.0414. The average molecular weight is 348 g/mol. The maximum Gasteiger partial charge on any atom is 0.251 e. The zero-order valence-corrected chi connectivity index (χ0v) is 13.7. The first-order valence-electron chi connectivity index (χ1n) is 6.84. The molecule has 1 heterocycles. The van der Waals surface area contributed by atoms with Gasteiger partial charge in [-0.25, -0.2) is 0 Å². The van der Waals surface area contributed by atoms with Crippen molar-refractivity contribution in [2.75, 3.05) is 11.9 Å². The van der Waals surface area contributed by atoms with Gasteiger partial charge in [0.25, 0.3) is 5.91 Å². The van der Waals surface area contributed by atoms with Gasteiger partial charge in [0, 0.05) is 24.8 Å². The van der Waals surface area contributed by atoms with Crippen molar-refractivity contribution >= 4 is 27.5 Å². The second kappa shape index (κ2) is 7.22. The second-order valence-electron chi connectivity index (χ2n) is 4.67. The monoisotopic (exact) mass is 347 g/mol. The van der Waals surface area contributed by atoms with Gasteiger partial charge in [0.2, 0.25) is 0 Å². The van der Waals surface area contributed by atoms with Gasteiger partial charge in [0.15, 0.2) is 0 Å². The predicted molar refractivity (Wildman–Crippen MR) is 88.4 cm³/mol. The van der Waals surface area contributed by atoms with Crippen LogP contribution >= 0.6 is 15.9 Å². The molecule has 21 heavy (non-hydrogen) atoms. The van der Waals surface area contributed by atoms with Crippen LogP contribution in [0.3, 0.4) is 0 Å². The molecule has 2 N–H and O–H groups in total. The summed E-state index contributed by atoms with van der Waals surface area (Å²) < 4.78 is 0.963. The van der Waals surface area contributed by atoms with Crippen molar-refractivity contribution in [1.29, 1.82) is 0 Å². The normalized spacial score (nSPS) is 10.2. The van der Waals surface area contributed by atoms with E-state index in [0.29, 0.717) is 18.7 Å². The molecule has 2 aromatic rings. The van der Waals surface area contributed by atoms with E-state index in [1.807, 2.05) is 44.2 Å². The summed E-state index contributed by atoms with van der Waals surface area (Å²) >= 11 is 3.52. The molecule has 1 aromatic carbocycles. The Hall–Kier alpha value is -1.88. The van der Waals surface area contributed by atoms with Gasteiger partial charge in [-0.3, -0.25) is 9.78 Å². The lowest BCUT2D eigenvalue weighted by molar-refractivity contribution is 0.0955. The van der Waals surface area contributed by atoms with E-state index in [1.165, 1.54) is 0 Å². The van der Waals surface area contributed by atoms with Gasteiger partial charge >= 0.3 is 0 Å². The number of anilines is 1. The third-order valence-corrected chi connectivity index (χ3v) is 4.07. The topological polar surface area (TPSA) is 54.0 Å². The van der Waals surface area contributed by atoms with E-state index in [4.69, 9.17) is 0 Å². The van der Waals surface area contributed by atoms with E-state index in [2.05, 4.69) is 31.5 Å². The molecule has 0 aliphatic rings. The first kappa shape index (κ1) is 15.5. The SMILES string of the molecule is CCNC(=O)c1cccc(CNc2ccnc(C)c2Br)c1. The molecular formula is C16H18BrN3O. The van der Waals surface area contributed by atoms with Crippen LogP contribution in [-0.2, 0) is 6.54 Å². The number of pyridine rings is 1. The van der Waals surface area contributed by atoms with Gasteiger partial charge in [-0.15, -0.1) is 0 Å². The fourth-order valence-electron chi connectivity index (χ4n) is 1.97. The molecule has 0 radical (unpaired) electrons. The van der Waals surface area contributed by atoms with Crippen molar-refractivity contribution in [3.05, 3.63) is 57.8 Å². The Morgan fingerprint density at radius 2 is 2.14 bits per heavy atom. The number of nitrogens with one attached hydrogen (secondary N) is 2. The smallest absolute Gasteiger partial charge is 0.251 e. The number of carbonyl (C=O) groups is 1. The van der Waals surface area contributed by atoms with Gasteiger partial charge in [-0.1, -0.05) is 12.1 Å². The van der Waals surface area contributed by atoms with Crippen molar-refractivity contribution in [2.24, 2.45) is 0 Å². The van der Waals surface area contributed by atoms with Crippen LogP contribution in [0.5, 0.6) is 0 Å². The second-order valence-corrected chi connectivity index (χ2v) is 5.46. The number of carbonyl (C=O) groups excluding carboxylic acids is 1. The van der Waals surface area contributed by atoms with E-state index in [9.17, 15) is 4.79 Å². The first-order chi connectivity index (χ1) is 10.1. The lowest BCUT2D eigenvalue weighted by Crippen LogP contribution is -2.22. The number of halogens is 1. The molecule has 5 heteroatoms. The van der Waals surface area contributed by atoms with Gasteiger partial charge in [0.05, 0.1) is 15.9 Å². The highest BCUT2D eigenvalue weighted by Crippen LogP contribution is 2.24. The molecule has 1 aromatic heterocycles. The lowest BCUT2D eigenvalue weighted by atomic mass is 10.1. The van der Waals surface area contributed by atoms with E-state index in [0.717, 1.165) is 21.4 Å². The standard InChI is InChI=1S/C16H18BrN3O/c1-3-18-16(21)13-6-4-5-12(9-13)10-20-14-7-8-19-11(2)15(14)17/h4-9H,3,10H2,1-2H3,(H,18,21)(H,19,20). The summed E-state index contributed by atoms with van der Waals surface area (Å²) in [6.45, 7) is 5.14. The number of hydrogen-bond donors (Lipinski definition) is 2. The largest absolute Gasteiger partial charge is 0.380 e. The fraction of sp³-hybridized carbons (Fsp3) is 0.250. The number of hydrogen-bond acceptors (Lipinski definition) is 3. The molecule has 1 amide bonds. The van der Waals surface area contributed by atoms with Crippen LogP contribution in [0.1, 0.15) is 28.5 Å². The minimum Gasteiger partial charge on any atom is -0.380 e. The molecule has 0 aliphatic carbocycles. The molecular weight excluding hydrogens is 330 g/mol. The number of rotatable bonds is 5. The van der Waals surface area contributed by atoms with Crippen LogP contribution in [0.25, 0.3) is 0 Å². The third kappa shape index (κ3) is 4.04. The summed E-state index contributed by atoms with van der Waals surface area (Å²) in [5.74, 6) is -0.0414. The number of aryl methyl sites for hydroxylation is 1. The Kier molecular flexibility index (Phi) is 5.33. The highest BCUT2D eigenvalue weighted by atomic mass is 79.9. The summed E-state index contributed by atoms with van der Waals surface area (Å²) in [7, 11) is 0. The third-order valence-electron chi connectivity index (χ3n) is 3.07. The molecule has 110 valence electrons. The van der Waals surface area contributed by atoms with Gasteiger partial charge < -0.3 is 10.6 Å². The lowest BCUT2D eigenvalue weighted by Gasteiger charge is -2.10. The Morgan fingerprint density at radius 3 is 2.90 bits per heavy atom. The maximum absolute atomic E-state index is 11.8. The molecule has 0 aliphatic heterocycles. The molecule has 0 atom stereocenters. The van der Waals surface area contributed by atoms with Crippen LogP contribution in [0.15, 0.2) is 41.0 Å². The van der Waals surface area contributed by atoms with Crippen molar-refractivity contribution in [1.82, 2.24) is 10.3 Å². The van der Waals surface area contributed by atoms with E-state index < -0.39 is 0 Å². The predicted octanol–water partition coefficient (Wildman–Crippen LogP) is 3.51. The number of amides is 1. The molecule has 0 spiro atoms. The summed E-state index contributed by atoms with van der Waals surface area (Å²) in [5.41, 5.74) is 3.67. The van der Waals surface area contributed by atoms with E-state index in [1.54, 1.807) is 6.20 Å². The van der Waals surface area contributed by atoms with Crippen LogP contribution in [-0.4, -0.2) is 17.4 Å². The molecule has 0 saturated carbocycles. The summed E-state index contributed by atoms with van der Waals surface area (Å²) in [5, 5.41) is 6.15. The minimum atomic E-state index is -0.0414. The molecule has 0 saturated heterocycles. The molecule has 0 unspecified atom stereocenters. The molecule has 2 rings (SSSR count). The Morgan fingerprint density at radius 1 is 1.33 bits per heavy atom. The van der Waals surface area contributed by atoms with Crippen LogP contribution in [0.2, 0.25) is 0 Å². The molecule has 0 bridgehead atoms. The summed E-state index contributed by atoms with van der Waals surface area (Å²) in [6, 6.07) is 9.54. The highest BCUT2D eigenvalue weighted by molar-refractivity contribution is 9.10. The quantitative estimate of drug-likeness (QED) is 0.869. The van der Waals surface area contributed by atoms with Crippen molar-refractivity contribution in [2.45, 2.75) is 20.4 Å². The van der Waals surface area contributed by atoms with E-state index in [-0.39, 0.29) is 5.91 Å². The number of benzene rings is 1. The maximum atomic E-state index is 11.8. The van der Waals surface area contributed by atoms with Crippen LogP contribution in [0, 0.1) is 6.92 Å². The van der Waals surface area contributed by atoms with Gasteiger partial charge in [0.1, 0.15) is 0 Å². The van der Waals surface area contributed by atoms with E-state index >= 15 is 0 Å². The van der Waals surface area contributed by atoms with Crippen LogP contribution in [0.4, 0.5) is 5.69 Å². The first-order valence-corrected chi connectivity index (χ1v) is 7.63. The highest BCUT2D eigenvalue weighted by Gasteiger charge is 2.06. The average Bonchev–Trinajstić information content (AvgIpc) is 2.49. The number of aromatic nitrogens is 1. The molecule has 0 fully saturated rings. The zero-order chi connectivity index (χ0) is 15.2. The van der Waals surface area contributed by atoms with Crippen LogP contribution < -0.4 is 10.6 Å². The summed E-state index contributed by atoms with van der Waals surface area (Å²) in [6.07, 6.45) is 1.77. The van der Waals surface area contributed by atoms with Crippen molar-refractivity contribution in [3.8, 4) is 0 Å². The van der Waals surface area contributed by atoms with Crippen molar-refractivity contribution < 1.29 is 4.79 Å². The number of nitrogens with zero attached hydrogens (tertiary/aromatic N) is 1. The fourth-order valence-corrected chi connectivity index (χ4v) is 2.34. The zero-order valence-electron chi connectivity index (χ0n) is 12.1. The van der Waals surface area contributed by atoms with Crippen molar-refractivity contribution in [3.63, 3.8) is 0 Å². The summed E-state index contributed by atoms with van der Waals surface area (Å²) in [4.78, 5) is 16.0. The van der Waals surface area contributed by atoms with Gasteiger partial charge in [-0.2, -0.15) is 0 Å². The van der Waals surface area contributed by atoms with Gasteiger partial charge in [-0.05, 0) is 53.5 Å². The Labute approximate surface area is 133 Å². The Bertz CT molecular complexity index is 643. The Balaban J connectivity index is 2.08. The molecule has 4 nitrogen and oxygen atoms in total.